The average molecular weight is 338 g/mol. The lowest BCUT2D eigenvalue weighted by Gasteiger charge is -2.06. The second-order valence-corrected chi connectivity index (χ2v) is 4.98. The van der Waals surface area contributed by atoms with Gasteiger partial charge in [-0.2, -0.15) is 5.26 Å². The minimum Gasteiger partial charge on any atom is -0.462 e. The van der Waals surface area contributed by atoms with Crippen molar-refractivity contribution in [3.05, 3.63) is 71.0 Å². The molecule has 0 aromatic heterocycles. The highest BCUT2D eigenvalue weighted by Crippen LogP contribution is 2.14. The summed E-state index contributed by atoms with van der Waals surface area (Å²) in [6.45, 7) is 1.98. The van der Waals surface area contributed by atoms with Crippen LogP contribution in [0.2, 0.25) is 0 Å². The number of amides is 1. The Balaban J connectivity index is 2.12. The number of benzene rings is 2. The Labute approximate surface area is 144 Å². The first-order chi connectivity index (χ1) is 12.0. The van der Waals surface area contributed by atoms with Gasteiger partial charge in [-0.3, -0.25) is 4.79 Å². The van der Waals surface area contributed by atoms with Crippen LogP contribution in [0.4, 0.5) is 10.1 Å². The van der Waals surface area contributed by atoms with Crippen LogP contribution in [0.25, 0.3) is 6.08 Å². The lowest BCUT2D eigenvalue weighted by molar-refractivity contribution is -0.112. The summed E-state index contributed by atoms with van der Waals surface area (Å²) < 4.78 is 18.0. The summed E-state index contributed by atoms with van der Waals surface area (Å²) in [6, 6.07) is 13.4. The fraction of sp³-hybridized carbons (Fsp3) is 0.105. The largest absolute Gasteiger partial charge is 0.462 e. The van der Waals surface area contributed by atoms with E-state index in [2.05, 4.69) is 5.32 Å². The van der Waals surface area contributed by atoms with Crippen LogP contribution in [0, 0.1) is 17.1 Å². The summed E-state index contributed by atoms with van der Waals surface area (Å²) in [5.41, 5.74) is 1.01. The summed E-state index contributed by atoms with van der Waals surface area (Å²) in [5, 5.41) is 11.7. The molecule has 2 rings (SSSR count). The maximum absolute atomic E-state index is 13.2. The Bertz CT molecular complexity index is 852. The molecule has 2 aromatic carbocycles. The quantitative estimate of drug-likeness (QED) is 0.514. The van der Waals surface area contributed by atoms with Crippen molar-refractivity contribution >= 4 is 23.6 Å². The van der Waals surface area contributed by atoms with Crippen LogP contribution in [0.1, 0.15) is 22.8 Å². The molecule has 0 fully saturated rings. The molecular weight excluding hydrogens is 323 g/mol. The summed E-state index contributed by atoms with van der Waals surface area (Å²) in [6.07, 6.45) is 1.30. The Hall–Kier alpha value is -3.46. The molecule has 0 atom stereocenters. The van der Waals surface area contributed by atoms with Gasteiger partial charge in [0, 0.05) is 5.69 Å². The molecule has 0 bridgehead atoms. The van der Waals surface area contributed by atoms with E-state index >= 15 is 0 Å². The molecule has 0 radical (unpaired) electrons. The van der Waals surface area contributed by atoms with E-state index in [0.29, 0.717) is 16.8 Å². The van der Waals surface area contributed by atoms with Gasteiger partial charge < -0.3 is 10.1 Å². The van der Waals surface area contributed by atoms with E-state index < -0.39 is 17.7 Å². The zero-order valence-electron chi connectivity index (χ0n) is 13.5. The van der Waals surface area contributed by atoms with E-state index in [1.54, 1.807) is 19.1 Å². The molecule has 0 saturated heterocycles. The highest BCUT2D eigenvalue weighted by atomic mass is 19.1. The smallest absolute Gasteiger partial charge is 0.338 e. The molecule has 0 spiro atoms. The molecule has 25 heavy (non-hydrogen) atoms. The molecule has 1 amide bonds. The van der Waals surface area contributed by atoms with Crippen molar-refractivity contribution in [2.24, 2.45) is 0 Å². The van der Waals surface area contributed by atoms with Crippen molar-refractivity contribution in [2.75, 3.05) is 11.9 Å². The van der Waals surface area contributed by atoms with Crippen LogP contribution in [-0.4, -0.2) is 18.5 Å². The zero-order chi connectivity index (χ0) is 18.2. The molecule has 2 aromatic rings. The molecule has 0 saturated carbocycles. The molecule has 0 aliphatic rings. The van der Waals surface area contributed by atoms with Gasteiger partial charge in [-0.05, 0) is 55.0 Å². The lowest BCUT2D eigenvalue weighted by Crippen LogP contribution is -2.13. The van der Waals surface area contributed by atoms with Crippen molar-refractivity contribution < 1.29 is 18.7 Å². The third-order valence-electron chi connectivity index (χ3n) is 3.18. The van der Waals surface area contributed by atoms with Gasteiger partial charge in [0.15, 0.2) is 0 Å². The molecule has 1 N–H and O–H groups in total. The number of carbonyl (C=O) groups is 2. The van der Waals surface area contributed by atoms with E-state index in [-0.39, 0.29) is 12.2 Å². The number of hydrogen-bond donors (Lipinski definition) is 1. The maximum Gasteiger partial charge on any atom is 0.338 e. The average Bonchev–Trinajstić information content (AvgIpc) is 2.60. The van der Waals surface area contributed by atoms with Gasteiger partial charge in [-0.25, -0.2) is 9.18 Å². The number of esters is 1. The van der Waals surface area contributed by atoms with Crippen LogP contribution in [-0.2, 0) is 9.53 Å². The van der Waals surface area contributed by atoms with Crippen LogP contribution in [0.5, 0.6) is 0 Å². The second-order valence-electron chi connectivity index (χ2n) is 4.98. The fourth-order valence-corrected chi connectivity index (χ4v) is 2.01. The van der Waals surface area contributed by atoms with Crippen LogP contribution >= 0.6 is 0 Å². The Morgan fingerprint density at radius 1 is 1.24 bits per heavy atom. The molecule has 6 heteroatoms. The SMILES string of the molecule is CCOC(=O)c1ccc(NC(=O)/C(C#N)=C\c2cccc(F)c2)cc1. The molecule has 5 nitrogen and oxygen atoms in total. The normalized spacial score (nSPS) is 10.7. The molecular formula is C19H15FN2O3. The third kappa shape index (κ3) is 5.01. The van der Waals surface area contributed by atoms with Gasteiger partial charge in [0.1, 0.15) is 17.5 Å². The van der Waals surface area contributed by atoms with Gasteiger partial charge in [-0.15, -0.1) is 0 Å². The second kappa shape index (κ2) is 8.41. The lowest BCUT2D eigenvalue weighted by atomic mass is 10.1. The number of halogens is 1. The van der Waals surface area contributed by atoms with E-state index in [4.69, 9.17) is 10.00 Å². The monoisotopic (exact) mass is 338 g/mol. The number of nitrogens with zero attached hydrogens (tertiary/aromatic N) is 1. The van der Waals surface area contributed by atoms with Gasteiger partial charge in [0.05, 0.1) is 12.2 Å². The van der Waals surface area contributed by atoms with Gasteiger partial charge in [0.25, 0.3) is 5.91 Å². The summed E-state index contributed by atoms with van der Waals surface area (Å²) in [7, 11) is 0. The number of hydrogen-bond acceptors (Lipinski definition) is 4. The van der Waals surface area contributed by atoms with E-state index in [0.717, 1.165) is 0 Å². The topological polar surface area (TPSA) is 79.2 Å². The van der Waals surface area contributed by atoms with Crippen LogP contribution in [0.15, 0.2) is 54.1 Å². The molecule has 0 aliphatic carbocycles. The van der Waals surface area contributed by atoms with Crippen LogP contribution in [0.3, 0.4) is 0 Å². The van der Waals surface area contributed by atoms with Crippen molar-refractivity contribution in [1.29, 1.82) is 5.26 Å². The Morgan fingerprint density at radius 3 is 2.56 bits per heavy atom. The molecule has 0 unspecified atom stereocenters. The molecule has 126 valence electrons. The number of anilines is 1. The number of nitrogens with one attached hydrogen (secondary N) is 1. The van der Waals surface area contributed by atoms with E-state index in [1.807, 2.05) is 0 Å². The van der Waals surface area contributed by atoms with Crippen molar-refractivity contribution in [3.63, 3.8) is 0 Å². The first-order valence-corrected chi connectivity index (χ1v) is 7.49. The van der Waals surface area contributed by atoms with Crippen LogP contribution < -0.4 is 5.32 Å². The van der Waals surface area contributed by atoms with Gasteiger partial charge in [-0.1, -0.05) is 12.1 Å². The minimum atomic E-state index is -0.629. The van der Waals surface area contributed by atoms with Crippen molar-refractivity contribution in [2.45, 2.75) is 6.92 Å². The number of carbonyl (C=O) groups excluding carboxylic acids is 2. The molecule has 0 aliphatic heterocycles. The fourth-order valence-electron chi connectivity index (χ4n) is 2.01. The van der Waals surface area contributed by atoms with Gasteiger partial charge in [0.2, 0.25) is 0 Å². The standard InChI is InChI=1S/C19H15FN2O3/c1-2-25-19(24)14-6-8-17(9-7-14)22-18(23)15(12-21)10-13-4-3-5-16(20)11-13/h3-11H,2H2,1H3,(H,22,23)/b15-10-. The zero-order valence-corrected chi connectivity index (χ0v) is 13.5. The highest BCUT2D eigenvalue weighted by molar-refractivity contribution is 6.09. The predicted molar refractivity (Wildman–Crippen MR) is 91.0 cm³/mol. The first-order valence-electron chi connectivity index (χ1n) is 7.49. The maximum atomic E-state index is 13.2. The number of rotatable bonds is 5. The van der Waals surface area contributed by atoms with E-state index in [1.165, 1.54) is 48.5 Å². The Kier molecular flexibility index (Phi) is 6.02. The summed E-state index contributed by atoms with van der Waals surface area (Å²) in [4.78, 5) is 23.7. The predicted octanol–water partition coefficient (Wildman–Crippen LogP) is 3.55. The summed E-state index contributed by atoms with van der Waals surface area (Å²) in [5.74, 6) is -1.54. The van der Waals surface area contributed by atoms with E-state index in [9.17, 15) is 14.0 Å². The first kappa shape index (κ1) is 17.9. The minimum absolute atomic E-state index is 0.167. The summed E-state index contributed by atoms with van der Waals surface area (Å²) >= 11 is 0. The molecule has 0 heterocycles. The number of ether oxygens (including phenoxy) is 1. The van der Waals surface area contributed by atoms with Gasteiger partial charge >= 0.3 is 5.97 Å². The number of nitriles is 1. The third-order valence-corrected chi connectivity index (χ3v) is 3.18. The van der Waals surface area contributed by atoms with Crippen molar-refractivity contribution in [1.82, 2.24) is 0 Å². The van der Waals surface area contributed by atoms with Crippen molar-refractivity contribution in [3.8, 4) is 6.07 Å². The Morgan fingerprint density at radius 2 is 1.96 bits per heavy atom. The highest BCUT2D eigenvalue weighted by Gasteiger charge is 2.11.